The highest BCUT2D eigenvalue weighted by molar-refractivity contribution is 7.52. The number of benzene rings is 1. The maximum Gasteiger partial charge on any atom is 0.408 e. The van der Waals surface area contributed by atoms with E-state index in [1.54, 1.807) is 12.1 Å². The van der Waals surface area contributed by atoms with Crippen LogP contribution >= 0.6 is 7.60 Å². The summed E-state index contributed by atoms with van der Waals surface area (Å²) in [6.45, 7) is 3.70. The molecule has 1 rings (SSSR count). The van der Waals surface area contributed by atoms with Crippen LogP contribution in [0.25, 0.3) is 0 Å². The minimum Gasteiger partial charge on any atom is -0.445 e. The number of nitrogens with one attached hydrogen (secondary N) is 1. The van der Waals surface area contributed by atoms with Crippen LogP contribution in [0.4, 0.5) is 4.79 Å². The van der Waals surface area contributed by atoms with Gasteiger partial charge in [0.25, 0.3) is 0 Å². The zero-order chi connectivity index (χ0) is 15.2. The Morgan fingerprint density at radius 2 is 1.90 bits per heavy atom. The van der Waals surface area contributed by atoms with E-state index in [2.05, 4.69) is 5.32 Å². The maximum absolute atomic E-state index is 11.6. The number of carbonyl (C=O) groups is 1. The van der Waals surface area contributed by atoms with Gasteiger partial charge in [-0.1, -0.05) is 44.2 Å². The third kappa shape index (κ3) is 6.19. The fourth-order valence-electron chi connectivity index (χ4n) is 1.63. The van der Waals surface area contributed by atoms with Gasteiger partial charge in [-0.2, -0.15) is 0 Å². The summed E-state index contributed by atoms with van der Waals surface area (Å²) in [7, 11) is -4.39. The molecule has 0 unspecified atom stereocenters. The van der Waals surface area contributed by atoms with Crippen LogP contribution in [0.3, 0.4) is 0 Å². The van der Waals surface area contributed by atoms with Crippen molar-refractivity contribution in [3.05, 3.63) is 35.9 Å². The normalized spacial score (nSPS) is 13.1. The lowest BCUT2D eigenvalue weighted by atomic mass is 10.1. The molecule has 112 valence electrons. The van der Waals surface area contributed by atoms with E-state index in [4.69, 9.17) is 4.74 Å². The molecule has 0 saturated heterocycles. The van der Waals surface area contributed by atoms with Gasteiger partial charge in [0.1, 0.15) is 12.4 Å². The number of amides is 1. The van der Waals surface area contributed by atoms with Crippen molar-refractivity contribution in [3.63, 3.8) is 0 Å². The van der Waals surface area contributed by atoms with Crippen LogP contribution in [0.5, 0.6) is 0 Å². The van der Waals surface area contributed by atoms with E-state index in [9.17, 15) is 19.1 Å². The fraction of sp³-hybridized carbons (Fsp3) is 0.462. The van der Waals surface area contributed by atoms with Crippen LogP contribution in [0.2, 0.25) is 0 Å². The van der Waals surface area contributed by atoms with Crippen LogP contribution in [0.1, 0.15) is 25.8 Å². The van der Waals surface area contributed by atoms with Gasteiger partial charge in [0.2, 0.25) is 0 Å². The van der Waals surface area contributed by atoms with E-state index in [1.165, 1.54) is 0 Å². The van der Waals surface area contributed by atoms with Gasteiger partial charge in [0, 0.05) is 0 Å². The molecule has 20 heavy (non-hydrogen) atoms. The second kappa shape index (κ2) is 7.43. The van der Waals surface area contributed by atoms with Crippen molar-refractivity contribution in [2.75, 3.05) is 0 Å². The van der Waals surface area contributed by atoms with Crippen LogP contribution < -0.4 is 5.32 Å². The van der Waals surface area contributed by atoms with E-state index in [1.807, 2.05) is 32.0 Å². The number of hydrogen-bond donors (Lipinski definition) is 3. The summed E-state index contributed by atoms with van der Waals surface area (Å²) < 4.78 is 16.2. The molecular formula is C13H20NO5P. The molecule has 6 nitrogen and oxygen atoms in total. The Morgan fingerprint density at radius 1 is 1.30 bits per heavy atom. The number of alkyl carbamates (subject to hydrolysis) is 1. The monoisotopic (exact) mass is 301 g/mol. The highest BCUT2D eigenvalue weighted by Gasteiger charge is 2.31. The van der Waals surface area contributed by atoms with Gasteiger partial charge < -0.3 is 19.8 Å². The van der Waals surface area contributed by atoms with E-state index in [-0.39, 0.29) is 18.9 Å². The summed E-state index contributed by atoms with van der Waals surface area (Å²) >= 11 is 0. The Morgan fingerprint density at radius 3 is 2.40 bits per heavy atom. The second-order valence-corrected chi connectivity index (χ2v) is 6.74. The van der Waals surface area contributed by atoms with Gasteiger partial charge in [0.15, 0.2) is 0 Å². The largest absolute Gasteiger partial charge is 0.445 e. The van der Waals surface area contributed by atoms with Crippen molar-refractivity contribution in [3.8, 4) is 0 Å². The Bertz CT molecular complexity index is 471. The first-order chi connectivity index (χ1) is 9.29. The highest BCUT2D eigenvalue weighted by Crippen LogP contribution is 2.42. The fourth-order valence-corrected chi connectivity index (χ4v) is 2.60. The van der Waals surface area contributed by atoms with Crippen molar-refractivity contribution in [1.29, 1.82) is 0 Å². The molecule has 0 heterocycles. The van der Waals surface area contributed by atoms with Crippen molar-refractivity contribution in [2.24, 2.45) is 5.92 Å². The van der Waals surface area contributed by atoms with Gasteiger partial charge in [-0.25, -0.2) is 4.79 Å². The third-order valence-electron chi connectivity index (χ3n) is 2.60. The molecule has 1 aromatic rings. The molecule has 0 radical (unpaired) electrons. The molecule has 3 N–H and O–H groups in total. The van der Waals surface area contributed by atoms with Gasteiger partial charge in [0.05, 0.1) is 0 Å². The average Bonchev–Trinajstić information content (AvgIpc) is 2.35. The minimum absolute atomic E-state index is 0.0436. The number of rotatable bonds is 6. The molecule has 0 aromatic heterocycles. The predicted molar refractivity (Wildman–Crippen MR) is 75.0 cm³/mol. The molecule has 0 spiro atoms. The van der Waals surface area contributed by atoms with Crippen molar-refractivity contribution in [1.82, 2.24) is 5.32 Å². The summed E-state index contributed by atoms with van der Waals surface area (Å²) in [6, 6.07) is 9.06. The van der Waals surface area contributed by atoms with Gasteiger partial charge in [-0.05, 0) is 17.9 Å². The lowest BCUT2D eigenvalue weighted by Crippen LogP contribution is -2.36. The van der Waals surface area contributed by atoms with Gasteiger partial charge >= 0.3 is 13.7 Å². The third-order valence-corrected chi connectivity index (χ3v) is 3.75. The first kappa shape index (κ1) is 16.7. The number of carbonyl (C=O) groups excluding carboxylic acids is 1. The van der Waals surface area contributed by atoms with E-state index >= 15 is 0 Å². The summed E-state index contributed by atoms with van der Waals surface area (Å²) in [5, 5.41) is 2.23. The smallest absolute Gasteiger partial charge is 0.408 e. The van der Waals surface area contributed by atoms with Gasteiger partial charge in [-0.15, -0.1) is 0 Å². The first-order valence-corrected chi connectivity index (χ1v) is 7.99. The molecule has 0 fully saturated rings. The van der Waals surface area contributed by atoms with E-state index in [0.29, 0.717) is 0 Å². The number of ether oxygens (including phenoxy) is 1. The Balaban J connectivity index is 2.52. The molecule has 0 saturated carbocycles. The van der Waals surface area contributed by atoms with Crippen LogP contribution in [-0.4, -0.2) is 21.7 Å². The highest BCUT2D eigenvalue weighted by atomic mass is 31.2. The van der Waals surface area contributed by atoms with E-state index < -0.39 is 19.5 Å². The first-order valence-electron chi connectivity index (χ1n) is 6.31. The number of hydrogen-bond acceptors (Lipinski definition) is 3. The zero-order valence-electron chi connectivity index (χ0n) is 11.5. The maximum atomic E-state index is 11.6. The zero-order valence-corrected chi connectivity index (χ0v) is 12.4. The van der Waals surface area contributed by atoms with Crippen LogP contribution in [-0.2, 0) is 15.9 Å². The molecular weight excluding hydrogens is 281 g/mol. The molecule has 1 aromatic carbocycles. The molecule has 1 amide bonds. The molecule has 0 aliphatic rings. The molecule has 7 heteroatoms. The topological polar surface area (TPSA) is 95.9 Å². The Labute approximate surface area is 118 Å². The summed E-state index contributed by atoms with van der Waals surface area (Å²) in [4.78, 5) is 30.0. The van der Waals surface area contributed by atoms with Crippen LogP contribution in [0, 0.1) is 5.92 Å². The molecule has 0 aliphatic carbocycles. The second-order valence-electron chi connectivity index (χ2n) is 4.94. The quantitative estimate of drug-likeness (QED) is 0.701. The Kier molecular flexibility index (Phi) is 6.20. The summed E-state index contributed by atoms with van der Waals surface area (Å²) in [5.41, 5.74) is 0.805. The summed E-state index contributed by atoms with van der Waals surface area (Å²) in [5.74, 6) is -1.17. The average molecular weight is 301 g/mol. The molecule has 1 atom stereocenters. The SMILES string of the molecule is CC(C)C[C@H](NC(=O)OCc1ccccc1)P(=O)(O)O. The minimum atomic E-state index is -4.39. The lowest BCUT2D eigenvalue weighted by Gasteiger charge is -2.21. The van der Waals surface area contributed by atoms with Crippen molar-refractivity contribution in [2.45, 2.75) is 32.7 Å². The molecule has 0 bridgehead atoms. The Hall–Kier alpha value is -1.36. The van der Waals surface area contributed by atoms with Crippen LogP contribution in [0.15, 0.2) is 30.3 Å². The van der Waals surface area contributed by atoms with Crippen molar-refractivity contribution >= 4 is 13.7 Å². The van der Waals surface area contributed by atoms with Gasteiger partial charge in [-0.3, -0.25) is 4.57 Å². The summed E-state index contributed by atoms with van der Waals surface area (Å²) in [6.07, 6.45) is -0.645. The molecule has 0 aliphatic heterocycles. The lowest BCUT2D eigenvalue weighted by molar-refractivity contribution is 0.136. The standard InChI is InChI=1S/C13H20NO5P/c1-10(2)8-12(20(16,17)18)14-13(15)19-9-11-6-4-3-5-7-11/h3-7,10,12H,8-9H2,1-2H3,(H,14,15)(H2,16,17,18)/t12-/m1/s1. The predicted octanol–water partition coefficient (Wildman–Crippen LogP) is 2.46. The van der Waals surface area contributed by atoms with Crippen molar-refractivity contribution < 1.29 is 23.9 Å². The van der Waals surface area contributed by atoms with E-state index in [0.717, 1.165) is 5.56 Å².